The second kappa shape index (κ2) is 11.9. The summed E-state index contributed by atoms with van der Waals surface area (Å²) in [6.07, 6.45) is 9.44. The van der Waals surface area contributed by atoms with E-state index in [0.29, 0.717) is 0 Å². The Balaban J connectivity index is 1.13. The normalized spacial score (nSPS) is 26.7. The molecule has 6 aliphatic rings. The average Bonchev–Trinajstić information content (AvgIpc) is 3.18. The molecule has 0 saturated heterocycles. The summed E-state index contributed by atoms with van der Waals surface area (Å²) in [7, 11) is 0. The molecular weight excluding hydrogens is 671 g/mol. The van der Waals surface area contributed by atoms with Crippen LogP contribution in [0.4, 0.5) is 17.1 Å². The van der Waals surface area contributed by atoms with Crippen LogP contribution < -0.4 is 4.90 Å². The Bertz CT molecular complexity index is 2420. The van der Waals surface area contributed by atoms with Crippen molar-refractivity contribution in [2.45, 2.75) is 98.7 Å². The fourth-order valence-electron chi connectivity index (χ4n) is 12.6. The number of fused-ring (bicyclic) bond motifs is 4. The molecule has 5 aliphatic carbocycles. The first-order valence-corrected chi connectivity index (χ1v) is 21.5. The van der Waals surface area contributed by atoms with Crippen molar-refractivity contribution >= 4 is 39.6 Å². The van der Waals surface area contributed by atoms with Gasteiger partial charge >= 0.3 is 0 Å². The van der Waals surface area contributed by atoms with Crippen LogP contribution in [0.25, 0.3) is 21.9 Å². The number of hydrogen-bond donors (Lipinski definition) is 0. The van der Waals surface area contributed by atoms with Gasteiger partial charge < -0.3 is 4.90 Å². The van der Waals surface area contributed by atoms with Crippen molar-refractivity contribution in [3.05, 3.63) is 150 Å². The Morgan fingerprint density at radius 1 is 0.537 bits per heavy atom. The van der Waals surface area contributed by atoms with E-state index in [-0.39, 0.29) is 16.2 Å². The number of nitrogens with zero attached hydrogens (tertiary/aromatic N) is 1. The third-order valence-electron chi connectivity index (χ3n) is 14.9. The van der Waals surface area contributed by atoms with E-state index in [1.54, 1.807) is 11.1 Å². The molecule has 4 saturated carbocycles. The third-order valence-corrected chi connectivity index (χ3v) is 16.1. The molecule has 0 N–H and O–H groups in total. The molecule has 12 rings (SSSR count). The molecule has 1 aliphatic heterocycles. The van der Waals surface area contributed by atoms with E-state index in [0.717, 1.165) is 23.7 Å². The van der Waals surface area contributed by atoms with Gasteiger partial charge in [0.25, 0.3) is 0 Å². The summed E-state index contributed by atoms with van der Waals surface area (Å²) in [5.74, 6) is 3.29. The number of benzene rings is 6. The van der Waals surface area contributed by atoms with Gasteiger partial charge in [-0.05, 0) is 166 Å². The summed E-state index contributed by atoms with van der Waals surface area (Å²) in [5, 5.41) is 2.59. The molecule has 270 valence electrons. The van der Waals surface area contributed by atoms with Crippen LogP contribution in [0.15, 0.2) is 137 Å². The van der Waals surface area contributed by atoms with E-state index >= 15 is 0 Å². The first kappa shape index (κ1) is 33.1. The van der Waals surface area contributed by atoms with Crippen LogP contribution in [0, 0.1) is 23.7 Å². The maximum atomic E-state index is 2.68. The van der Waals surface area contributed by atoms with Gasteiger partial charge in [0.15, 0.2) is 0 Å². The maximum absolute atomic E-state index is 2.68. The van der Waals surface area contributed by atoms with Gasteiger partial charge in [-0.1, -0.05) is 124 Å². The predicted molar refractivity (Wildman–Crippen MR) is 228 cm³/mol. The van der Waals surface area contributed by atoms with Crippen molar-refractivity contribution in [1.29, 1.82) is 0 Å². The Morgan fingerprint density at radius 3 is 1.96 bits per heavy atom. The summed E-state index contributed by atoms with van der Waals surface area (Å²) in [6, 6.07) is 49.3. The van der Waals surface area contributed by atoms with Gasteiger partial charge in [0.1, 0.15) is 0 Å². The molecule has 0 unspecified atom stereocenters. The fraction of sp³-hybridized carbons (Fsp3) is 0.346. The molecule has 4 fully saturated rings. The zero-order chi connectivity index (χ0) is 36.4. The first-order chi connectivity index (χ1) is 26.2. The number of hydrogen-bond acceptors (Lipinski definition) is 2. The molecular formula is C52H51NS. The van der Waals surface area contributed by atoms with Crippen molar-refractivity contribution in [2.24, 2.45) is 23.7 Å². The zero-order valence-corrected chi connectivity index (χ0v) is 33.1. The van der Waals surface area contributed by atoms with Gasteiger partial charge in [-0.15, -0.1) is 0 Å². The van der Waals surface area contributed by atoms with Crippen molar-refractivity contribution < 1.29 is 0 Å². The molecule has 6 aromatic carbocycles. The third kappa shape index (κ3) is 4.78. The van der Waals surface area contributed by atoms with Crippen LogP contribution in [0.2, 0.25) is 0 Å². The van der Waals surface area contributed by atoms with Crippen LogP contribution in [-0.4, -0.2) is 0 Å². The highest BCUT2D eigenvalue weighted by molar-refractivity contribution is 7.99. The van der Waals surface area contributed by atoms with Gasteiger partial charge in [-0.2, -0.15) is 0 Å². The van der Waals surface area contributed by atoms with Gasteiger partial charge in [0.05, 0.1) is 5.69 Å². The van der Waals surface area contributed by atoms with E-state index in [4.69, 9.17) is 0 Å². The lowest BCUT2D eigenvalue weighted by atomic mass is 9.42. The van der Waals surface area contributed by atoms with E-state index in [1.165, 1.54) is 105 Å². The van der Waals surface area contributed by atoms with Gasteiger partial charge in [0.2, 0.25) is 0 Å². The van der Waals surface area contributed by atoms with Crippen LogP contribution in [0.5, 0.6) is 0 Å². The second-order valence-corrected chi connectivity index (χ2v) is 19.9. The predicted octanol–water partition coefficient (Wildman–Crippen LogP) is 14.5. The van der Waals surface area contributed by atoms with E-state index in [2.05, 4.69) is 160 Å². The molecule has 1 nitrogen and oxygen atoms in total. The molecule has 2 heteroatoms. The topological polar surface area (TPSA) is 3.24 Å². The molecule has 0 aromatic heterocycles. The Morgan fingerprint density at radius 2 is 1.17 bits per heavy atom. The standard InChI is InChI=1S/C52H51NS/c1-50(2)25-26-51(3,4)49-44(50)16-10-17-46(49)53(39-21-19-36(20-22-39)42-14-9-12-35-11-5-6-13-41(35)42)40-23-24-48-45(32-40)52(43-15-7-8-18-47(43)54-48)37-28-33-27-34(30-37)31-38(52)29-33/h5-24,32-34,37-38H,25-31H2,1-4H3. The van der Waals surface area contributed by atoms with Crippen LogP contribution >= 0.6 is 11.8 Å². The quantitative estimate of drug-likeness (QED) is 0.178. The number of anilines is 3. The summed E-state index contributed by atoms with van der Waals surface area (Å²) in [4.78, 5) is 5.62. The lowest BCUT2D eigenvalue weighted by Crippen LogP contribution is -2.57. The van der Waals surface area contributed by atoms with E-state index < -0.39 is 0 Å². The maximum Gasteiger partial charge on any atom is 0.0502 e. The zero-order valence-electron chi connectivity index (χ0n) is 32.2. The largest absolute Gasteiger partial charge is 0.310 e. The summed E-state index contributed by atoms with van der Waals surface area (Å²) < 4.78 is 0. The minimum Gasteiger partial charge on any atom is -0.310 e. The van der Waals surface area contributed by atoms with Gasteiger partial charge in [0, 0.05) is 26.6 Å². The average molecular weight is 722 g/mol. The van der Waals surface area contributed by atoms with Crippen LogP contribution in [0.3, 0.4) is 0 Å². The minimum atomic E-state index is 0.0637. The van der Waals surface area contributed by atoms with Crippen molar-refractivity contribution in [3.8, 4) is 11.1 Å². The molecule has 1 heterocycles. The molecule has 0 atom stereocenters. The van der Waals surface area contributed by atoms with Crippen molar-refractivity contribution in [2.75, 3.05) is 4.90 Å². The Labute approximate surface area is 326 Å². The van der Waals surface area contributed by atoms with E-state index in [9.17, 15) is 0 Å². The summed E-state index contributed by atoms with van der Waals surface area (Å²) in [5.41, 5.74) is 13.0. The minimum absolute atomic E-state index is 0.0637. The Hall–Kier alpha value is -4.27. The first-order valence-electron chi connectivity index (χ1n) is 20.6. The Kier molecular flexibility index (Phi) is 7.27. The molecule has 4 bridgehead atoms. The smallest absolute Gasteiger partial charge is 0.0502 e. The van der Waals surface area contributed by atoms with Gasteiger partial charge in [-0.3, -0.25) is 0 Å². The highest BCUT2D eigenvalue weighted by Gasteiger charge is 2.60. The lowest BCUT2D eigenvalue weighted by molar-refractivity contribution is -0.0443. The highest BCUT2D eigenvalue weighted by atomic mass is 32.2. The molecule has 0 radical (unpaired) electrons. The summed E-state index contributed by atoms with van der Waals surface area (Å²) >= 11 is 2.02. The summed E-state index contributed by atoms with van der Waals surface area (Å²) in [6.45, 7) is 9.88. The number of rotatable bonds is 4. The highest BCUT2D eigenvalue weighted by Crippen LogP contribution is 2.69. The molecule has 6 aromatic rings. The van der Waals surface area contributed by atoms with Crippen molar-refractivity contribution in [1.82, 2.24) is 0 Å². The van der Waals surface area contributed by atoms with E-state index in [1.807, 2.05) is 11.8 Å². The monoisotopic (exact) mass is 721 g/mol. The molecule has 54 heavy (non-hydrogen) atoms. The molecule has 1 spiro atoms. The van der Waals surface area contributed by atoms with Crippen molar-refractivity contribution in [3.63, 3.8) is 0 Å². The van der Waals surface area contributed by atoms with Crippen LogP contribution in [0.1, 0.15) is 94.9 Å². The molecule has 0 amide bonds. The van der Waals surface area contributed by atoms with Crippen LogP contribution in [-0.2, 0) is 16.2 Å². The SMILES string of the molecule is CC1(C)CCC(C)(C)c2c(N(c3ccc(-c4cccc5ccccc45)cc3)c3ccc4c(c3)C3(c5ccccc5S4)C4CC5CC(C4)CC3C5)cccc21. The lowest BCUT2D eigenvalue weighted by Gasteiger charge is -2.63. The van der Waals surface area contributed by atoms with Gasteiger partial charge in [-0.25, -0.2) is 0 Å². The fourth-order valence-corrected chi connectivity index (χ4v) is 13.8. The second-order valence-electron chi connectivity index (χ2n) is 18.8.